The number of halogens is 1. The lowest BCUT2D eigenvalue weighted by molar-refractivity contribution is -0.120. The fourth-order valence-electron chi connectivity index (χ4n) is 2.53. The lowest BCUT2D eigenvalue weighted by Gasteiger charge is -2.26. The number of hydrogen-bond acceptors (Lipinski definition) is 6. The number of nitrogens with zero attached hydrogens (tertiary/aromatic N) is 2. The molecule has 0 bridgehead atoms. The van der Waals surface area contributed by atoms with Crippen molar-refractivity contribution in [3.8, 4) is 0 Å². The molecule has 28 heavy (non-hydrogen) atoms. The molecule has 3 N–H and O–H groups in total. The van der Waals surface area contributed by atoms with E-state index < -0.39 is 15.9 Å². The molecule has 11 heteroatoms. The van der Waals surface area contributed by atoms with Crippen LogP contribution >= 0.6 is 11.6 Å². The number of rotatable bonds is 8. The Morgan fingerprint density at radius 1 is 1.39 bits per heavy atom. The Kier molecular flexibility index (Phi) is 8.05. The summed E-state index contributed by atoms with van der Waals surface area (Å²) in [5.74, 6) is 0.119. The van der Waals surface area contributed by atoms with Gasteiger partial charge in [-0.05, 0) is 24.1 Å². The van der Waals surface area contributed by atoms with Gasteiger partial charge >= 0.3 is 0 Å². The van der Waals surface area contributed by atoms with Crippen molar-refractivity contribution in [1.82, 2.24) is 4.31 Å². The van der Waals surface area contributed by atoms with E-state index in [0.29, 0.717) is 31.4 Å². The smallest absolute Gasteiger partial charge is 0.265 e. The first-order valence-corrected chi connectivity index (χ1v) is 10.6. The number of nitrogens with one attached hydrogen (secondary N) is 1. The average molecular weight is 433 g/mol. The van der Waals surface area contributed by atoms with Gasteiger partial charge in [0.05, 0.1) is 18.2 Å². The van der Waals surface area contributed by atoms with Gasteiger partial charge in [0.15, 0.2) is 6.61 Å². The Balaban J connectivity index is 2.03. The van der Waals surface area contributed by atoms with Gasteiger partial charge in [0, 0.05) is 25.2 Å². The van der Waals surface area contributed by atoms with E-state index in [2.05, 4.69) is 10.5 Å². The molecular weight excluding hydrogens is 408 g/mol. The van der Waals surface area contributed by atoms with Crippen molar-refractivity contribution in [3.05, 3.63) is 23.2 Å². The first-order valence-electron chi connectivity index (χ1n) is 8.81. The van der Waals surface area contributed by atoms with Gasteiger partial charge in [-0.15, -0.1) is 0 Å². The number of ether oxygens (including phenoxy) is 1. The first kappa shape index (κ1) is 22.4. The van der Waals surface area contributed by atoms with Gasteiger partial charge in [-0.2, -0.15) is 4.31 Å². The quantitative estimate of drug-likeness (QED) is 0.365. The summed E-state index contributed by atoms with van der Waals surface area (Å²) in [5.41, 5.74) is 5.95. The predicted molar refractivity (Wildman–Crippen MR) is 107 cm³/mol. The highest BCUT2D eigenvalue weighted by Gasteiger charge is 2.28. The summed E-state index contributed by atoms with van der Waals surface area (Å²) in [4.78, 5) is 16.9. The Morgan fingerprint density at radius 2 is 2.07 bits per heavy atom. The Hall–Kier alpha value is -1.88. The summed E-state index contributed by atoms with van der Waals surface area (Å²) in [7, 11) is -3.79. The van der Waals surface area contributed by atoms with Crippen molar-refractivity contribution >= 4 is 39.1 Å². The number of hydrogen-bond donors (Lipinski definition) is 2. The van der Waals surface area contributed by atoms with Crippen LogP contribution in [0.15, 0.2) is 28.3 Å². The van der Waals surface area contributed by atoms with E-state index in [4.69, 9.17) is 26.9 Å². The molecule has 1 saturated heterocycles. The highest BCUT2D eigenvalue weighted by Crippen LogP contribution is 2.28. The molecule has 1 fully saturated rings. The second kappa shape index (κ2) is 10.1. The van der Waals surface area contributed by atoms with Crippen LogP contribution in [0.25, 0.3) is 0 Å². The van der Waals surface area contributed by atoms with E-state index in [9.17, 15) is 13.2 Å². The van der Waals surface area contributed by atoms with Crippen LogP contribution in [0.3, 0.4) is 0 Å². The minimum Gasteiger partial charge on any atom is -0.384 e. The standard InChI is InChI=1S/C17H25ClN4O5S/c1-12(2)9-16(19)21-27-11-17(23)20-13-3-4-14(18)15(10-13)28(24,25)22-5-7-26-8-6-22/h3-4,10,12H,5-9,11H2,1-2H3,(H2,19,21)(H,20,23). The number of amides is 1. The molecule has 0 atom stereocenters. The zero-order chi connectivity index (χ0) is 20.7. The van der Waals surface area contributed by atoms with Gasteiger partial charge in [0.1, 0.15) is 10.7 Å². The number of carbonyl (C=O) groups excluding carboxylic acids is 1. The summed E-state index contributed by atoms with van der Waals surface area (Å²) >= 11 is 6.09. The van der Waals surface area contributed by atoms with Gasteiger partial charge in [0.25, 0.3) is 5.91 Å². The first-order chi connectivity index (χ1) is 13.2. The number of oxime groups is 1. The van der Waals surface area contributed by atoms with Crippen LogP contribution in [-0.4, -0.2) is 57.4 Å². The second-order valence-electron chi connectivity index (χ2n) is 6.66. The zero-order valence-corrected chi connectivity index (χ0v) is 17.4. The third-order valence-electron chi connectivity index (χ3n) is 3.80. The molecule has 0 aromatic heterocycles. The van der Waals surface area contributed by atoms with Gasteiger partial charge in [0.2, 0.25) is 10.0 Å². The minimum absolute atomic E-state index is 0.0750. The van der Waals surface area contributed by atoms with Gasteiger partial charge in [-0.3, -0.25) is 4.79 Å². The topological polar surface area (TPSA) is 123 Å². The maximum Gasteiger partial charge on any atom is 0.265 e. The highest BCUT2D eigenvalue weighted by molar-refractivity contribution is 7.89. The van der Waals surface area contributed by atoms with E-state index >= 15 is 0 Å². The monoisotopic (exact) mass is 432 g/mol. The molecule has 0 unspecified atom stereocenters. The van der Waals surface area contributed by atoms with Crippen molar-refractivity contribution in [2.75, 3.05) is 38.2 Å². The molecule has 0 saturated carbocycles. The molecule has 2 rings (SSSR count). The second-order valence-corrected chi connectivity index (χ2v) is 8.98. The zero-order valence-electron chi connectivity index (χ0n) is 15.9. The summed E-state index contributed by atoms with van der Waals surface area (Å²) in [6.45, 7) is 4.76. The van der Waals surface area contributed by atoms with Crippen molar-refractivity contribution in [1.29, 1.82) is 0 Å². The Labute approximate surface area is 169 Å². The van der Waals surface area contributed by atoms with E-state index in [1.807, 2.05) is 13.8 Å². The molecular formula is C17H25ClN4O5S. The van der Waals surface area contributed by atoms with Crippen LogP contribution in [0, 0.1) is 5.92 Å². The molecule has 1 amide bonds. The van der Waals surface area contributed by atoms with Crippen LogP contribution in [-0.2, 0) is 24.4 Å². The molecule has 156 valence electrons. The van der Waals surface area contributed by atoms with E-state index in [1.165, 1.54) is 22.5 Å². The number of carbonyl (C=O) groups is 1. The third-order valence-corrected chi connectivity index (χ3v) is 6.18. The lowest BCUT2D eigenvalue weighted by Crippen LogP contribution is -2.40. The minimum atomic E-state index is -3.79. The summed E-state index contributed by atoms with van der Waals surface area (Å²) in [6, 6.07) is 4.25. The number of amidine groups is 1. The molecule has 1 aliphatic rings. The normalized spacial score (nSPS) is 16.2. The molecule has 1 aliphatic heterocycles. The Morgan fingerprint density at radius 3 is 2.71 bits per heavy atom. The number of sulfonamides is 1. The van der Waals surface area contributed by atoms with Gasteiger partial charge in [-0.1, -0.05) is 30.6 Å². The van der Waals surface area contributed by atoms with Crippen molar-refractivity contribution < 1.29 is 22.8 Å². The van der Waals surface area contributed by atoms with E-state index in [-0.39, 0.29) is 35.3 Å². The molecule has 0 radical (unpaired) electrons. The Bertz CT molecular complexity index is 823. The average Bonchev–Trinajstić information content (AvgIpc) is 2.63. The van der Waals surface area contributed by atoms with E-state index in [0.717, 1.165) is 0 Å². The molecule has 1 aromatic rings. The number of anilines is 1. The fraction of sp³-hybridized carbons (Fsp3) is 0.529. The SMILES string of the molecule is CC(C)C/C(N)=N/OCC(=O)Nc1ccc(Cl)c(S(=O)(=O)N2CCOCC2)c1. The van der Waals surface area contributed by atoms with E-state index in [1.54, 1.807) is 0 Å². The molecule has 0 aliphatic carbocycles. The maximum atomic E-state index is 12.8. The lowest BCUT2D eigenvalue weighted by atomic mass is 10.1. The summed E-state index contributed by atoms with van der Waals surface area (Å²) in [5, 5.41) is 6.31. The predicted octanol–water partition coefficient (Wildman–Crippen LogP) is 1.63. The highest BCUT2D eigenvalue weighted by atomic mass is 35.5. The maximum absolute atomic E-state index is 12.8. The molecule has 1 aromatic carbocycles. The van der Waals surface area contributed by atoms with Crippen LogP contribution < -0.4 is 11.1 Å². The summed E-state index contributed by atoms with van der Waals surface area (Å²) in [6.07, 6.45) is 0.557. The number of nitrogens with two attached hydrogens (primary N) is 1. The van der Waals surface area contributed by atoms with Crippen LogP contribution in [0.2, 0.25) is 5.02 Å². The van der Waals surface area contributed by atoms with Crippen LogP contribution in [0.5, 0.6) is 0 Å². The van der Waals surface area contributed by atoms with Crippen LogP contribution in [0.4, 0.5) is 5.69 Å². The summed E-state index contributed by atoms with van der Waals surface area (Å²) < 4.78 is 32.1. The number of morpholine rings is 1. The van der Waals surface area contributed by atoms with Crippen molar-refractivity contribution in [3.63, 3.8) is 0 Å². The van der Waals surface area contributed by atoms with Gasteiger partial charge in [-0.25, -0.2) is 8.42 Å². The van der Waals surface area contributed by atoms with Crippen LogP contribution in [0.1, 0.15) is 20.3 Å². The van der Waals surface area contributed by atoms with Gasteiger partial charge < -0.3 is 20.6 Å². The largest absolute Gasteiger partial charge is 0.384 e. The molecule has 0 spiro atoms. The number of benzene rings is 1. The molecule has 1 heterocycles. The van der Waals surface area contributed by atoms with Crippen molar-refractivity contribution in [2.45, 2.75) is 25.2 Å². The molecule has 9 nitrogen and oxygen atoms in total. The third kappa shape index (κ3) is 6.33. The van der Waals surface area contributed by atoms with Crippen molar-refractivity contribution in [2.24, 2.45) is 16.8 Å². The fourth-order valence-corrected chi connectivity index (χ4v) is 4.44.